The SMILES string of the molecule is CCCCCCCCCCCCCCC(CCCCCCCCCCC)c1[nH]cc[n+]1C(C)CCCCCCCCCC. The Morgan fingerprint density at radius 1 is 0.442 bits per heavy atom. The molecular formula is C41H81N2+. The molecule has 2 atom stereocenters. The molecule has 0 amide bonds. The van der Waals surface area contributed by atoms with E-state index in [4.69, 9.17) is 0 Å². The van der Waals surface area contributed by atoms with Gasteiger partial charge in [-0.1, -0.05) is 201 Å². The molecule has 1 heterocycles. The fourth-order valence-electron chi connectivity index (χ4n) is 7.13. The number of hydrogen-bond acceptors (Lipinski definition) is 0. The standard InChI is InChI=1S/C41H80N2/c1-5-8-11-14-17-20-21-22-24-27-30-33-36-40(35-32-29-26-23-18-15-12-9-6-2)41-42-37-38-43(41)39(4)34-31-28-25-19-16-13-10-7-3/h37-40H,5-36H2,1-4H3/p+1. The summed E-state index contributed by atoms with van der Waals surface area (Å²) in [6, 6.07) is 0.619. The predicted octanol–water partition coefficient (Wildman–Crippen LogP) is 14.5. The lowest BCUT2D eigenvalue weighted by molar-refractivity contribution is -0.727. The van der Waals surface area contributed by atoms with Gasteiger partial charge in [0.1, 0.15) is 12.4 Å². The molecule has 0 aliphatic rings. The summed E-state index contributed by atoms with van der Waals surface area (Å²) in [5.74, 6) is 2.25. The van der Waals surface area contributed by atoms with E-state index >= 15 is 0 Å². The Bertz CT molecular complexity index is 664. The smallest absolute Gasteiger partial charge is 0.247 e. The maximum Gasteiger partial charge on any atom is 0.257 e. The first kappa shape index (κ1) is 40.2. The van der Waals surface area contributed by atoms with Gasteiger partial charge in [0.15, 0.2) is 0 Å². The molecule has 2 heteroatoms. The summed E-state index contributed by atoms with van der Waals surface area (Å²) in [4.78, 5) is 3.75. The molecule has 1 aromatic rings. The maximum absolute atomic E-state index is 3.75. The molecule has 1 rings (SSSR count). The second-order valence-electron chi connectivity index (χ2n) is 14.4. The second kappa shape index (κ2) is 31.2. The highest BCUT2D eigenvalue weighted by molar-refractivity contribution is 4.90. The van der Waals surface area contributed by atoms with Gasteiger partial charge in [-0.05, 0) is 32.6 Å². The van der Waals surface area contributed by atoms with E-state index in [0.717, 1.165) is 0 Å². The van der Waals surface area contributed by atoms with Crippen molar-refractivity contribution in [1.82, 2.24) is 4.98 Å². The first-order valence-electron chi connectivity index (χ1n) is 20.3. The minimum absolute atomic E-state index is 0.619. The zero-order valence-electron chi connectivity index (χ0n) is 30.4. The van der Waals surface area contributed by atoms with Gasteiger partial charge in [-0.2, -0.15) is 0 Å². The van der Waals surface area contributed by atoms with Crippen molar-refractivity contribution in [2.75, 3.05) is 0 Å². The van der Waals surface area contributed by atoms with Gasteiger partial charge < -0.3 is 0 Å². The quantitative estimate of drug-likeness (QED) is 0.0599. The van der Waals surface area contributed by atoms with Crippen LogP contribution < -0.4 is 4.57 Å². The third-order valence-corrected chi connectivity index (χ3v) is 10.1. The summed E-state index contributed by atoms with van der Waals surface area (Å²) in [5.41, 5.74) is 0. The molecule has 0 saturated heterocycles. The van der Waals surface area contributed by atoms with Crippen LogP contribution in [0.15, 0.2) is 12.4 Å². The lowest BCUT2D eigenvalue weighted by atomic mass is 9.92. The number of H-pyrrole nitrogens is 1. The van der Waals surface area contributed by atoms with Gasteiger partial charge in [0.05, 0.1) is 12.0 Å². The number of nitrogens with one attached hydrogen (secondary N) is 1. The maximum atomic E-state index is 3.75. The Hall–Kier alpha value is -0.790. The van der Waals surface area contributed by atoms with E-state index in [1.807, 2.05) is 0 Å². The van der Waals surface area contributed by atoms with E-state index in [1.54, 1.807) is 0 Å². The van der Waals surface area contributed by atoms with Gasteiger partial charge in [-0.15, -0.1) is 0 Å². The lowest BCUT2D eigenvalue weighted by Gasteiger charge is -2.17. The molecule has 2 nitrogen and oxygen atoms in total. The molecule has 0 aliphatic heterocycles. The summed E-state index contributed by atoms with van der Waals surface area (Å²) >= 11 is 0. The van der Waals surface area contributed by atoms with Crippen molar-refractivity contribution in [2.45, 2.75) is 245 Å². The molecule has 0 fully saturated rings. The molecule has 0 spiro atoms. The fourth-order valence-corrected chi connectivity index (χ4v) is 7.13. The zero-order chi connectivity index (χ0) is 31.1. The molecule has 254 valence electrons. The normalized spacial score (nSPS) is 13.1. The molecule has 0 aliphatic carbocycles. The Morgan fingerprint density at radius 2 is 0.744 bits per heavy atom. The van der Waals surface area contributed by atoms with Gasteiger partial charge in [-0.25, -0.2) is 9.55 Å². The van der Waals surface area contributed by atoms with E-state index in [0.29, 0.717) is 12.0 Å². The molecule has 43 heavy (non-hydrogen) atoms. The number of imidazole rings is 1. The summed E-state index contributed by atoms with van der Waals surface area (Å²) in [6.45, 7) is 9.42. The number of rotatable bonds is 34. The van der Waals surface area contributed by atoms with Gasteiger partial charge in [0.25, 0.3) is 5.82 Å². The molecule has 1 N–H and O–H groups in total. The average molecular weight is 602 g/mol. The largest absolute Gasteiger partial charge is 0.257 e. The van der Waals surface area contributed by atoms with Crippen LogP contribution in [0.5, 0.6) is 0 Å². The Kier molecular flexibility index (Phi) is 29.2. The zero-order valence-corrected chi connectivity index (χ0v) is 30.4. The van der Waals surface area contributed by atoms with Crippen LogP contribution in [-0.4, -0.2) is 4.98 Å². The Morgan fingerprint density at radius 3 is 1.09 bits per heavy atom. The topological polar surface area (TPSA) is 19.7 Å². The van der Waals surface area contributed by atoms with Gasteiger partial charge in [0, 0.05) is 0 Å². The predicted molar refractivity (Wildman–Crippen MR) is 193 cm³/mol. The van der Waals surface area contributed by atoms with E-state index < -0.39 is 0 Å². The number of hydrogen-bond donors (Lipinski definition) is 1. The summed E-state index contributed by atoms with van der Waals surface area (Å²) in [7, 11) is 0. The number of nitrogens with zero attached hydrogens (tertiary/aromatic N) is 1. The van der Waals surface area contributed by atoms with E-state index in [-0.39, 0.29) is 0 Å². The van der Waals surface area contributed by atoms with Crippen LogP contribution in [0.2, 0.25) is 0 Å². The second-order valence-corrected chi connectivity index (χ2v) is 14.4. The van der Waals surface area contributed by atoms with Crippen LogP contribution in [-0.2, 0) is 0 Å². The van der Waals surface area contributed by atoms with Gasteiger partial charge >= 0.3 is 0 Å². The summed E-state index contributed by atoms with van der Waals surface area (Å²) in [6.07, 6.45) is 50.2. The summed E-state index contributed by atoms with van der Waals surface area (Å²) < 4.78 is 2.64. The van der Waals surface area contributed by atoms with Crippen molar-refractivity contribution in [3.05, 3.63) is 18.2 Å². The van der Waals surface area contributed by atoms with Crippen LogP contribution >= 0.6 is 0 Å². The van der Waals surface area contributed by atoms with Crippen LogP contribution in [0, 0.1) is 0 Å². The van der Waals surface area contributed by atoms with Crippen LogP contribution in [0.3, 0.4) is 0 Å². The number of aromatic nitrogens is 2. The Balaban J connectivity index is 2.42. The van der Waals surface area contributed by atoms with E-state index in [1.165, 1.54) is 211 Å². The molecular weight excluding hydrogens is 520 g/mol. The molecule has 2 unspecified atom stereocenters. The monoisotopic (exact) mass is 602 g/mol. The van der Waals surface area contributed by atoms with E-state index in [9.17, 15) is 0 Å². The first-order valence-corrected chi connectivity index (χ1v) is 20.3. The van der Waals surface area contributed by atoms with Crippen molar-refractivity contribution in [3.63, 3.8) is 0 Å². The third kappa shape index (κ3) is 23.2. The average Bonchev–Trinajstić information content (AvgIpc) is 3.51. The van der Waals surface area contributed by atoms with E-state index in [2.05, 4.69) is 49.6 Å². The van der Waals surface area contributed by atoms with Crippen molar-refractivity contribution < 1.29 is 4.57 Å². The summed E-state index contributed by atoms with van der Waals surface area (Å²) in [5, 5.41) is 0. The van der Waals surface area contributed by atoms with Crippen LogP contribution in [0.4, 0.5) is 0 Å². The highest BCUT2D eigenvalue weighted by atomic mass is 15.1. The molecule has 1 aromatic heterocycles. The van der Waals surface area contributed by atoms with Gasteiger partial charge in [0.2, 0.25) is 0 Å². The number of aromatic amines is 1. The number of unbranched alkanes of at least 4 members (excludes halogenated alkanes) is 26. The van der Waals surface area contributed by atoms with Crippen molar-refractivity contribution in [2.24, 2.45) is 0 Å². The van der Waals surface area contributed by atoms with Crippen LogP contribution in [0.1, 0.15) is 251 Å². The highest BCUT2D eigenvalue weighted by Gasteiger charge is 2.25. The fraction of sp³-hybridized carbons (Fsp3) is 0.927. The van der Waals surface area contributed by atoms with Gasteiger partial charge in [-0.3, -0.25) is 0 Å². The Labute approximate surface area is 272 Å². The first-order chi connectivity index (χ1) is 21.2. The minimum Gasteiger partial charge on any atom is -0.247 e. The van der Waals surface area contributed by atoms with Crippen molar-refractivity contribution in [3.8, 4) is 0 Å². The van der Waals surface area contributed by atoms with Crippen LogP contribution in [0.25, 0.3) is 0 Å². The molecule has 0 bridgehead atoms. The highest BCUT2D eigenvalue weighted by Crippen LogP contribution is 2.27. The van der Waals surface area contributed by atoms with Crippen molar-refractivity contribution >= 4 is 0 Å². The molecule has 0 saturated carbocycles. The third-order valence-electron chi connectivity index (χ3n) is 10.1. The molecule has 0 aromatic carbocycles. The lowest BCUT2D eigenvalue weighted by Crippen LogP contribution is -2.41. The van der Waals surface area contributed by atoms with Crippen molar-refractivity contribution in [1.29, 1.82) is 0 Å². The molecule has 0 radical (unpaired) electrons. The minimum atomic E-state index is 0.619.